The minimum absolute atomic E-state index is 1.02. The lowest BCUT2D eigenvalue weighted by atomic mass is 10.2. The maximum absolute atomic E-state index is 4.40. The van der Waals surface area contributed by atoms with E-state index in [1.54, 1.807) is 11.3 Å². The molecule has 3 heteroatoms. The van der Waals surface area contributed by atoms with Gasteiger partial charge in [-0.15, -0.1) is 11.3 Å². The Morgan fingerprint density at radius 2 is 2.00 bits per heavy atom. The molecule has 0 aliphatic heterocycles. The smallest absolute Gasteiger partial charge is 0.145 e. The topological polar surface area (TPSA) is 17.3 Å². The molecule has 0 N–H and O–H groups in total. The van der Waals surface area contributed by atoms with E-state index < -0.39 is 0 Å². The average molecular weight is 200 g/mol. The molecule has 1 aromatic carbocycles. The first-order valence-electron chi connectivity index (χ1n) is 4.41. The molecule has 3 rings (SSSR count). The van der Waals surface area contributed by atoms with Crippen LogP contribution in [0.2, 0.25) is 0 Å². The molecule has 2 aromatic heterocycles. The maximum atomic E-state index is 4.40. The molecule has 68 valence electrons. The van der Waals surface area contributed by atoms with Crippen LogP contribution in [0.15, 0.2) is 48.1 Å². The van der Waals surface area contributed by atoms with Crippen molar-refractivity contribution in [2.45, 2.75) is 0 Å². The Labute approximate surface area is 85.5 Å². The lowest BCUT2D eigenvalue weighted by Crippen LogP contribution is -1.84. The van der Waals surface area contributed by atoms with E-state index in [0.717, 1.165) is 11.4 Å². The monoisotopic (exact) mass is 200 g/mol. The Hall–Kier alpha value is -1.61. The number of thiazole rings is 1. The number of hydrogen-bond donors (Lipinski definition) is 0. The summed E-state index contributed by atoms with van der Waals surface area (Å²) in [5, 5.41) is 2.07. The number of benzene rings is 1. The van der Waals surface area contributed by atoms with Gasteiger partial charge in [0.2, 0.25) is 0 Å². The fraction of sp³-hybridized carbons (Fsp3) is 0. The molecule has 0 aliphatic rings. The average Bonchev–Trinajstić information content (AvgIpc) is 2.79. The second kappa shape index (κ2) is 2.96. The van der Waals surface area contributed by atoms with Crippen molar-refractivity contribution in [1.82, 2.24) is 9.38 Å². The second-order valence-corrected chi connectivity index (χ2v) is 3.99. The quantitative estimate of drug-likeness (QED) is 0.590. The van der Waals surface area contributed by atoms with Crippen LogP contribution in [0.1, 0.15) is 0 Å². The summed E-state index contributed by atoms with van der Waals surface area (Å²) in [4.78, 5) is 5.58. The van der Waals surface area contributed by atoms with E-state index in [0.29, 0.717) is 0 Å². The molecule has 0 atom stereocenters. The Balaban J connectivity index is 2.28. The minimum atomic E-state index is 1.02. The summed E-state index contributed by atoms with van der Waals surface area (Å²) < 4.78 is 2.11. The number of imidazole rings is 1. The molecular formula is C11H8N2S. The van der Waals surface area contributed by atoms with Gasteiger partial charge in [-0.05, 0) is 0 Å². The Morgan fingerprint density at radius 1 is 1.14 bits per heavy atom. The molecule has 3 aromatic rings. The normalized spacial score (nSPS) is 10.9. The predicted octanol–water partition coefficient (Wildman–Crippen LogP) is 3.06. The lowest BCUT2D eigenvalue weighted by Gasteiger charge is -1.96. The molecule has 0 saturated carbocycles. The standard InChI is InChI=1S/C11H8N2S/c1-2-4-9(5-3-1)11-12-8-10-13(11)6-7-14-10/h1-8H. The van der Waals surface area contributed by atoms with Gasteiger partial charge in [-0.2, -0.15) is 0 Å². The summed E-state index contributed by atoms with van der Waals surface area (Å²) in [5.74, 6) is 1.02. The molecule has 0 aliphatic carbocycles. The van der Waals surface area contributed by atoms with Gasteiger partial charge < -0.3 is 0 Å². The summed E-state index contributed by atoms with van der Waals surface area (Å²) in [7, 11) is 0. The van der Waals surface area contributed by atoms with Gasteiger partial charge in [0.1, 0.15) is 10.7 Å². The molecule has 0 saturated heterocycles. The van der Waals surface area contributed by atoms with Crippen molar-refractivity contribution in [2.24, 2.45) is 0 Å². The van der Waals surface area contributed by atoms with Crippen molar-refractivity contribution >= 4 is 16.2 Å². The van der Waals surface area contributed by atoms with Crippen LogP contribution in [0, 0.1) is 0 Å². The van der Waals surface area contributed by atoms with Crippen molar-refractivity contribution in [1.29, 1.82) is 0 Å². The molecule has 0 spiro atoms. The summed E-state index contributed by atoms with van der Waals surface area (Å²) in [6, 6.07) is 10.2. The van der Waals surface area contributed by atoms with Crippen LogP contribution in [0.25, 0.3) is 16.2 Å². The number of nitrogens with zero attached hydrogens (tertiary/aromatic N) is 2. The Bertz CT molecular complexity index is 551. The highest BCUT2D eigenvalue weighted by Gasteiger charge is 2.05. The van der Waals surface area contributed by atoms with Crippen molar-refractivity contribution in [2.75, 3.05) is 0 Å². The lowest BCUT2D eigenvalue weighted by molar-refractivity contribution is 1.19. The van der Waals surface area contributed by atoms with Crippen molar-refractivity contribution in [3.05, 3.63) is 48.1 Å². The molecule has 2 nitrogen and oxygen atoms in total. The van der Waals surface area contributed by atoms with Crippen LogP contribution >= 0.6 is 11.3 Å². The first-order valence-corrected chi connectivity index (χ1v) is 5.29. The molecule has 0 amide bonds. The largest absolute Gasteiger partial charge is 0.290 e. The maximum Gasteiger partial charge on any atom is 0.145 e. The van der Waals surface area contributed by atoms with Gasteiger partial charge in [-0.3, -0.25) is 4.40 Å². The van der Waals surface area contributed by atoms with E-state index in [1.165, 1.54) is 4.83 Å². The van der Waals surface area contributed by atoms with Gasteiger partial charge in [0, 0.05) is 17.1 Å². The van der Waals surface area contributed by atoms with E-state index >= 15 is 0 Å². The third kappa shape index (κ3) is 1.06. The van der Waals surface area contributed by atoms with Crippen LogP contribution in [-0.2, 0) is 0 Å². The van der Waals surface area contributed by atoms with Crippen LogP contribution in [0.3, 0.4) is 0 Å². The van der Waals surface area contributed by atoms with Crippen molar-refractivity contribution in [3.8, 4) is 11.4 Å². The zero-order valence-electron chi connectivity index (χ0n) is 7.42. The summed E-state index contributed by atoms with van der Waals surface area (Å²) in [6.45, 7) is 0. The van der Waals surface area contributed by atoms with E-state index in [4.69, 9.17) is 0 Å². The molecule has 0 fully saturated rings. The minimum Gasteiger partial charge on any atom is -0.290 e. The molecule has 0 bridgehead atoms. The number of aromatic nitrogens is 2. The Kier molecular flexibility index (Phi) is 1.64. The SMILES string of the molecule is c1ccc(-c2ncc3sccn23)cc1. The first-order chi connectivity index (χ1) is 6.95. The summed E-state index contributed by atoms with van der Waals surface area (Å²) in [5.41, 5.74) is 1.16. The molecule has 2 heterocycles. The molecular weight excluding hydrogens is 192 g/mol. The highest BCUT2D eigenvalue weighted by Crippen LogP contribution is 2.21. The second-order valence-electron chi connectivity index (χ2n) is 3.06. The van der Waals surface area contributed by atoms with E-state index in [2.05, 4.69) is 33.1 Å². The van der Waals surface area contributed by atoms with E-state index in [-0.39, 0.29) is 0 Å². The fourth-order valence-corrected chi connectivity index (χ4v) is 2.23. The van der Waals surface area contributed by atoms with Gasteiger partial charge >= 0.3 is 0 Å². The molecule has 0 unspecified atom stereocenters. The zero-order valence-corrected chi connectivity index (χ0v) is 8.24. The van der Waals surface area contributed by atoms with Gasteiger partial charge in [0.25, 0.3) is 0 Å². The first kappa shape index (κ1) is 7.76. The zero-order chi connectivity index (χ0) is 9.38. The van der Waals surface area contributed by atoms with Gasteiger partial charge in [-0.1, -0.05) is 30.3 Å². The molecule has 14 heavy (non-hydrogen) atoms. The predicted molar refractivity (Wildman–Crippen MR) is 58.5 cm³/mol. The van der Waals surface area contributed by atoms with Crippen LogP contribution in [0.4, 0.5) is 0 Å². The van der Waals surface area contributed by atoms with Gasteiger partial charge in [0.15, 0.2) is 0 Å². The van der Waals surface area contributed by atoms with Crippen LogP contribution < -0.4 is 0 Å². The third-order valence-electron chi connectivity index (χ3n) is 2.19. The van der Waals surface area contributed by atoms with Gasteiger partial charge in [0.05, 0.1) is 6.20 Å². The number of hydrogen-bond acceptors (Lipinski definition) is 2. The van der Waals surface area contributed by atoms with Gasteiger partial charge in [-0.25, -0.2) is 4.98 Å². The van der Waals surface area contributed by atoms with Crippen LogP contribution in [0.5, 0.6) is 0 Å². The Morgan fingerprint density at radius 3 is 2.86 bits per heavy atom. The van der Waals surface area contributed by atoms with E-state index in [1.807, 2.05) is 24.4 Å². The van der Waals surface area contributed by atoms with Crippen LogP contribution in [-0.4, -0.2) is 9.38 Å². The highest BCUT2D eigenvalue weighted by molar-refractivity contribution is 7.15. The van der Waals surface area contributed by atoms with E-state index in [9.17, 15) is 0 Å². The highest BCUT2D eigenvalue weighted by atomic mass is 32.1. The van der Waals surface area contributed by atoms with Crippen molar-refractivity contribution < 1.29 is 0 Å². The molecule has 0 radical (unpaired) electrons. The summed E-state index contributed by atoms with van der Waals surface area (Å²) in [6.07, 6.45) is 3.96. The fourth-order valence-electron chi connectivity index (χ4n) is 1.54. The third-order valence-corrected chi connectivity index (χ3v) is 2.99. The van der Waals surface area contributed by atoms with Crippen molar-refractivity contribution in [3.63, 3.8) is 0 Å². The number of rotatable bonds is 1. The number of fused-ring (bicyclic) bond motifs is 1. The summed E-state index contributed by atoms with van der Waals surface area (Å²) >= 11 is 1.70.